The number of nitrogens with one attached hydrogen (secondary N) is 1. The summed E-state index contributed by atoms with van der Waals surface area (Å²) in [5.74, 6) is -8.60. The van der Waals surface area contributed by atoms with Crippen LogP contribution in [-0.4, -0.2) is 38.9 Å². The summed E-state index contributed by atoms with van der Waals surface area (Å²) in [6.07, 6.45) is 0.877. The molecule has 0 saturated carbocycles. The average Bonchev–Trinajstić information content (AvgIpc) is 2.53. The molecule has 1 aromatic rings. The highest BCUT2D eigenvalue weighted by Gasteiger charge is 2.27. The zero-order chi connectivity index (χ0) is 17.4. The van der Waals surface area contributed by atoms with Crippen LogP contribution >= 0.6 is 0 Å². The third-order valence-electron chi connectivity index (χ3n) is 2.78. The fraction of sp³-hybridized carbons (Fsp3) is 0.500. The Balaban J connectivity index is 2.50. The zero-order valence-corrected chi connectivity index (χ0v) is 12.6. The van der Waals surface area contributed by atoms with Gasteiger partial charge in [0.05, 0.1) is 19.8 Å². The first-order valence-corrected chi connectivity index (χ1v) is 6.96. The summed E-state index contributed by atoms with van der Waals surface area (Å²) >= 11 is 0. The number of benzene rings is 1. The van der Waals surface area contributed by atoms with Crippen molar-refractivity contribution in [2.45, 2.75) is 13.3 Å². The quantitative estimate of drug-likeness (QED) is 0.313. The summed E-state index contributed by atoms with van der Waals surface area (Å²) in [4.78, 5) is 11.6. The maximum absolute atomic E-state index is 13.5. The van der Waals surface area contributed by atoms with Crippen molar-refractivity contribution in [1.82, 2.24) is 5.32 Å². The third kappa shape index (κ3) is 5.07. The van der Waals surface area contributed by atoms with Crippen molar-refractivity contribution in [2.24, 2.45) is 0 Å². The molecule has 0 atom stereocenters. The molecule has 1 rings (SSSR count). The molecule has 0 heterocycles. The molecule has 0 saturated heterocycles. The van der Waals surface area contributed by atoms with E-state index in [2.05, 4.69) is 5.32 Å². The molecule has 0 spiro atoms. The molecule has 1 aromatic carbocycles. The van der Waals surface area contributed by atoms with Gasteiger partial charge in [-0.25, -0.2) is 17.6 Å². The van der Waals surface area contributed by atoms with Crippen molar-refractivity contribution in [3.05, 3.63) is 28.8 Å². The molecule has 0 bridgehead atoms. The summed E-state index contributed by atoms with van der Waals surface area (Å²) in [6, 6.07) is 0. The van der Waals surface area contributed by atoms with E-state index >= 15 is 0 Å². The van der Waals surface area contributed by atoms with E-state index in [4.69, 9.17) is 15.2 Å². The lowest BCUT2D eigenvalue weighted by molar-refractivity contribution is 0.0484. The Morgan fingerprint density at radius 3 is 2.00 bits per heavy atom. The maximum Gasteiger partial charge on any atom is 0.257 e. The fourth-order valence-electron chi connectivity index (χ4n) is 1.64. The monoisotopic (exact) mass is 338 g/mol. The molecule has 23 heavy (non-hydrogen) atoms. The number of nitrogen functional groups attached to an aromatic ring is 1. The number of amides is 1. The van der Waals surface area contributed by atoms with Crippen molar-refractivity contribution >= 4 is 11.6 Å². The number of nitrogens with two attached hydrogens (primary N) is 1. The van der Waals surface area contributed by atoms with Gasteiger partial charge in [0, 0.05) is 13.2 Å². The Hall–Kier alpha value is -1.87. The minimum absolute atomic E-state index is 0.0460. The van der Waals surface area contributed by atoms with Gasteiger partial charge < -0.3 is 20.5 Å². The van der Waals surface area contributed by atoms with Crippen LogP contribution in [0, 0.1) is 23.3 Å². The van der Waals surface area contributed by atoms with E-state index in [1.165, 1.54) is 0 Å². The molecule has 0 aromatic heterocycles. The van der Waals surface area contributed by atoms with E-state index in [0.29, 0.717) is 13.2 Å². The minimum atomic E-state index is -1.84. The summed E-state index contributed by atoms with van der Waals surface area (Å²) in [5, 5.41) is 2.10. The normalized spacial score (nSPS) is 10.8. The standard InChI is InChI=1S/C14H18F4N2O3/c1-2-4-22-6-7-23-5-3-20-14(21)8-9(15)11(17)13(19)12(18)10(8)16/h2-7,19H2,1H3,(H,20,21). The predicted molar refractivity (Wildman–Crippen MR) is 74.9 cm³/mol. The molecule has 1 amide bonds. The highest BCUT2D eigenvalue weighted by Crippen LogP contribution is 2.25. The van der Waals surface area contributed by atoms with Gasteiger partial charge in [-0.15, -0.1) is 0 Å². The van der Waals surface area contributed by atoms with E-state index in [1.54, 1.807) is 0 Å². The number of halogens is 4. The van der Waals surface area contributed by atoms with Crippen LogP contribution in [0.3, 0.4) is 0 Å². The Morgan fingerprint density at radius 1 is 0.957 bits per heavy atom. The number of carbonyl (C=O) groups excluding carboxylic acids is 1. The summed E-state index contributed by atoms with van der Waals surface area (Å²) in [6.45, 7) is 3.16. The minimum Gasteiger partial charge on any atom is -0.394 e. The summed E-state index contributed by atoms with van der Waals surface area (Å²) in [5.41, 5.74) is 2.17. The van der Waals surface area contributed by atoms with Crippen LogP contribution in [0.4, 0.5) is 23.2 Å². The second kappa shape index (κ2) is 9.31. The van der Waals surface area contributed by atoms with Gasteiger partial charge >= 0.3 is 0 Å². The van der Waals surface area contributed by atoms with Crippen LogP contribution < -0.4 is 11.1 Å². The van der Waals surface area contributed by atoms with E-state index in [9.17, 15) is 22.4 Å². The van der Waals surface area contributed by atoms with Crippen molar-refractivity contribution in [1.29, 1.82) is 0 Å². The second-order valence-corrected chi connectivity index (χ2v) is 4.53. The van der Waals surface area contributed by atoms with Gasteiger partial charge in [0.25, 0.3) is 5.91 Å². The first kappa shape index (κ1) is 19.2. The molecule has 130 valence electrons. The number of rotatable bonds is 9. The Labute approximate surface area is 130 Å². The molecule has 5 nitrogen and oxygen atoms in total. The lowest BCUT2D eigenvalue weighted by Gasteiger charge is -2.10. The lowest BCUT2D eigenvalue weighted by Crippen LogP contribution is -2.30. The Kier molecular flexibility index (Phi) is 7.76. The molecule has 0 fully saturated rings. The number of carbonyl (C=O) groups is 1. The van der Waals surface area contributed by atoms with Crippen LogP contribution in [0.15, 0.2) is 0 Å². The Bertz CT molecular complexity index is 526. The first-order chi connectivity index (χ1) is 10.9. The highest BCUT2D eigenvalue weighted by atomic mass is 19.2. The van der Waals surface area contributed by atoms with Gasteiger partial charge in [-0.2, -0.15) is 0 Å². The van der Waals surface area contributed by atoms with Crippen LogP contribution in [-0.2, 0) is 9.47 Å². The zero-order valence-electron chi connectivity index (χ0n) is 12.6. The van der Waals surface area contributed by atoms with E-state index in [-0.39, 0.29) is 19.8 Å². The van der Waals surface area contributed by atoms with Gasteiger partial charge in [-0.3, -0.25) is 4.79 Å². The molecular weight excluding hydrogens is 320 g/mol. The average molecular weight is 338 g/mol. The number of anilines is 1. The summed E-state index contributed by atoms with van der Waals surface area (Å²) < 4.78 is 63.8. The second-order valence-electron chi connectivity index (χ2n) is 4.53. The summed E-state index contributed by atoms with van der Waals surface area (Å²) in [7, 11) is 0. The molecule has 0 aliphatic carbocycles. The smallest absolute Gasteiger partial charge is 0.257 e. The molecule has 0 radical (unpaired) electrons. The molecule has 0 aliphatic rings. The van der Waals surface area contributed by atoms with Crippen LogP contribution in [0.5, 0.6) is 0 Å². The lowest BCUT2D eigenvalue weighted by atomic mass is 10.1. The van der Waals surface area contributed by atoms with Gasteiger partial charge in [0.1, 0.15) is 11.3 Å². The van der Waals surface area contributed by atoms with Gasteiger partial charge in [0.15, 0.2) is 23.3 Å². The highest BCUT2D eigenvalue weighted by molar-refractivity contribution is 5.95. The SMILES string of the molecule is CCCOCCOCCNC(=O)c1c(F)c(F)c(N)c(F)c1F. The van der Waals surface area contributed by atoms with Crippen LogP contribution in [0.1, 0.15) is 23.7 Å². The molecular formula is C14H18F4N2O3. The van der Waals surface area contributed by atoms with E-state index in [0.717, 1.165) is 6.42 Å². The van der Waals surface area contributed by atoms with Crippen molar-refractivity contribution in [3.8, 4) is 0 Å². The predicted octanol–water partition coefficient (Wildman–Crippen LogP) is 2.00. The maximum atomic E-state index is 13.5. The molecule has 0 unspecified atom stereocenters. The largest absolute Gasteiger partial charge is 0.394 e. The Morgan fingerprint density at radius 2 is 1.48 bits per heavy atom. The van der Waals surface area contributed by atoms with Crippen LogP contribution in [0.2, 0.25) is 0 Å². The van der Waals surface area contributed by atoms with E-state index < -0.39 is 40.4 Å². The van der Waals surface area contributed by atoms with E-state index in [1.807, 2.05) is 6.92 Å². The number of hydrogen-bond donors (Lipinski definition) is 2. The number of ether oxygens (including phenoxy) is 2. The van der Waals surface area contributed by atoms with Gasteiger partial charge in [-0.1, -0.05) is 6.92 Å². The van der Waals surface area contributed by atoms with Crippen molar-refractivity contribution in [3.63, 3.8) is 0 Å². The van der Waals surface area contributed by atoms with Gasteiger partial charge in [-0.05, 0) is 6.42 Å². The number of hydrogen-bond acceptors (Lipinski definition) is 4. The topological polar surface area (TPSA) is 73.6 Å². The third-order valence-corrected chi connectivity index (χ3v) is 2.78. The molecule has 0 aliphatic heterocycles. The molecule has 3 N–H and O–H groups in total. The van der Waals surface area contributed by atoms with Gasteiger partial charge in [0.2, 0.25) is 0 Å². The molecule has 9 heteroatoms. The van der Waals surface area contributed by atoms with Crippen molar-refractivity contribution in [2.75, 3.05) is 38.7 Å². The first-order valence-electron chi connectivity index (χ1n) is 6.96. The van der Waals surface area contributed by atoms with Crippen molar-refractivity contribution < 1.29 is 31.8 Å². The fourth-order valence-corrected chi connectivity index (χ4v) is 1.64. The van der Waals surface area contributed by atoms with Crippen LogP contribution in [0.25, 0.3) is 0 Å².